The Morgan fingerprint density at radius 3 is 2.44 bits per heavy atom. The predicted octanol–water partition coefficient (Wildman–Crippen LogP) is 4.05. The number of halogens is 2. The van der Waals surface area contributed by atoms with Crippen molar-refractivity contribution in [1.82, 2.24) is 0 Å². The standard InChI is InChI=1S/C12H11Br2NO/c13-10-6-9(16-12(10)14)7-11(15)8-4-2-1-3-5-8/h1-6,11H,7,15H2. The lowest BCUT2D eigenvalue weighted by molar-refractivity contribution is 0.469. The summed E-state index contributed by atoms with van der Waals surface area (Å²) < 4.78 is 7.13. The van der Waals surface area contributed by atoms with Gasteiger partial charge in [0.1, 0.15) is 5.76 Å². The number of furan rings is 1. The number of benzene rings is 1. The molecule has 0 spiro atoms. The van der Waals surface area contributed by atoms with Gasteiger partial charge in [-0.2, -0.15) is 0 Å². The quantitative estimate of drug-likeness (QED) is 0.912. The first-order valence-electron chi connectivity index (χ1n) is 4.91. The molecule has 1 heterocycles. The Bertz CT molecular complexity index is 448. The lowest BCUT2D eigenvalue weighted by Crippen LogP contribution is -2.12. The number of hydrogen-bond donors (Lipinski definition) is 1. The zero-order valence-corrected chi connectivity index (χ0v) is 11.7. The van der Waals surface area contributed by atoms with Crippen molar-refractivity contribution in [2.75, 3.05) is 0 Å². The van der Waals surface area contributed by atoms with Crippen LogP contribution in [0, 0.1) is 0 Å². The Morgan fingerprint density at radius 1 is 1.19 bits per heavy atom. The molecule has 1 unspecified atom stereocenters. The number of hydrogen-bond acceptors (Lipinski definition) is 2. The fourth-order valence-electron chi connectivity index (χ4n) is 1.53. The van der Waals surface area contributed by atoms with E-state index in [1.165, 1.54) is 0 Å². The van der Waals surface area contributed by atoms with Crippen LogP contribution in [0.15, 0.2) is 50.0 Å². The first kappa shape index (κ1) is 11.9. The molecule has 2 N–H and O–H groups in total. The topological polar surface area (TPSA) is 39.2 Å². The first-order valence-corrected chi connectivity index (χ1v) is 6.49. The predicted molar refractivity (Wildman–Crippen MR) is 71.2 cm³/mol. The van der Waals surface area contributed by atoms with Gasteiger partial charge in [0.25, 0.3) is 0 Å². The second kappa shape index (κ2) is 5.17. The number of rotatable bonds is 3. The molecule has 0 radical (unpaired) electrons. The monoisotopic (exact) mass is 343 g/mol. The molecular formula is C12H11Br2NO. The summed E-state index contributed by atoms with van der Waals surface area (Å²) >= 11 is 6.69. The molecule has 1 aromatic heterocycles. The summed E-state index contributed by atoms with van der Waals surface area (Å²) in [7, 11) is 0. The summed E-state index contributed by atoms with van der Waals surface area (Å²) in [6.07, 6.45) is 0.689. The van der Waals surface area contributed by atoms with Gasteiger partial charge < -0.3 is 10.2 Å². The van der Waals surface area contributed by atoms with Crippen LogP contribution >= 0.6 is 31.9 Å². The Balaban J connectivity index is 2.11. The zero-order valence-electron chi connectivity index (χ0n) is 8.49. The second-order valence-corrected chi connectivity index (χ2v) is 5.13. The summed E-state index contributed by atoms with van der Waals surface area (Å²) in [5.41, 5.74) is 7.21. The van der Waals surface area contributed by atoms with Gasteiger partial charge in [-0.15, -0.1) is 0 Å². The van der Waals surface area contributed by atoms with Crippen molar-refractivity contribution in [2.24, 2.45) is 5.73 Å². The van der Waals surface area contributed by atoms with Gasteiger partial charge in [0.15, 0.2) is 4.67 Å². The molecule has 0 fully saturated rings. The molecule has 0 aliphatic heterocycles. The largest absolute Gasteiger partial charge is 0.453 e. The molecule has 4 heteroatoms. The van der Waals surface area contributed by atoms with Crippen molar-refractivity contribution >= 4 is 31.9 Å². The van der Waals surface area contributed by atoms with Gasteiger partial charge >= 0.3 is 0 Å². The molecule has 0 aliphatic carbocycles. The Labute approximate surface area is 111 Å². The van der Waals surface area contributed by atoms with E-state index in [4.69, 9.17) is 10.2 Å². The molecule has 2 aromatic rings. The van der Waals surface area contributed by atoms with Crippen molar-refractivity contribution in [1.29, 1.82) is 0 Å². The minimum Gasteiger partial charge on any atom is -0.453 e. The Morgan fingerprint density at radius 2 is 1.88 bits per heavy atom. The van der Waals surface area contributed by atoms with E-state index in [1.54, 1.807) is 0 Å². The van der Waals surface area contributed by atoms with Gasteiger partial charge in [-0.05, 0) is 43.5 Å². The lowest BCUT2D eigenvalue weighted by atomic mass is 10.0. The lowest BCUT2D eigenvalue weighted by Gasteiger charge is -2.09. The van der Waals surface area contributed by atoms with Crippen LogP contribution < -0.4 is 5.73 Å². The van der Waals surface area contributed by atoms with Crippen molar-refractivity contribution < 1.29 is 4.42 Å². The van der Waals surface area contributed by atoms with Gasteiger partial charge in [-0.25, -0.2) is 0 Å². The summed E-state index contributed by atoms with van der Waals surface area (Å²) in [4.78, 5) is 0. The van der Waals surface area contributed by atoms with Crippen LogP contribution in [-0.2, 0) is 6.42 Å². The second-order valence-electron chi connectivity index (χ2n) is 3.56. The molecule has 16 heavy (non-hydrogen) atoms. The number of nitrogens with two attached hydrogens (primary N) is 1. The molecule has 84 valence electrons. The maximum atomic E-state index is 6.10. The molecular weight excluding hydrogens is 334 g/mol. The van der Waals surface area contributed by atoms with Gasteiger partial charge in [0.2, 0.25) is 0 Å². The van der Waals surface area contributed by atoms with Crippen molar-refractivity contribution in [2.45, 2.75) is 12.5 Å². The first-order chi connectivity index (χ1) is 7.66. The minimum absolute atomic E-state index is 0.0360. The fraction of sp³-hybridized carbons (Fsp3) is 0.167. The van der Waals surface area contributed by atoms with E-state index in [9.17, 15) is 0 Å². The Kier molecular flexibility index (Phi) is 3.84. The maximum absolute atomic E-state index is 6.10. The highest BCUT2D eigenvalue weighted by Gasteiger charge is 2.11. The molecule has 1 aromatic carbocycles. The maximum Gasteiger partial charge on any atom is 0.183 e. The Hall–Kier alpha value is -0.580. The molecule has 0 amide bonds. The average molecular weight is 345 g/mol. The highest BCUT2D eigenvalue weighted by Crippen LogP contribution is 2.28. The molecule has 0 bridgehead atoms. The van der Waals surface area contributed by atoms with E-state index in [1.807, 2.05) is 36.4 Å². The van der Waals surface area contributed by atoms with Crippen molar-refractivity contribution in [3.05, 3.63) is 56.9 Å². The summed E-state index contributed by atoms with van der Waals surface area (Å²) in [5, 5.41) is 0. The van der Waals surface area contributed by atoms with Crippen LogP contribution in [0.2, 0.25) is 0 Å². The van der Waals surface area contributed by atoms with Gasteiger partial charge in [-0.3, -0.25) is 0 Å². The van der Waals surface area contributed by atoms with Crippen molar-refractivity contribution in [3.63, 3.8) is 0 Å². The SMILES string of the molecule is NC(Cc1cc(Br)c(Br)o1)c1ccccc1. The molecule has 2 nitrogen and oxygen atoms in total. The van der Waals surface area contributed by atoms with Gasteiger partial charge in [0, 0.05) is 12.5 Å². The highest BCUT2D eigenvalue weighted by molar-refractivity contribution is 9.13. The van der Waals surface area contributed by atoms with E-state index in [2.05, 4.69) is 31.9 Å². The summed E-state index contributed by atoms with van der Waals surface area (Å²) in [6, 6.07) is 11.9. The van der Waals surface area contributed by atoms with Crippen LogP contribution in [0.5, 0.6) is 0 Å². The highest BCUT2D eigenvalue weighted by atomic mass is 79.9. The van der Waals surface area contributed by atoms with E-state index in [-0.39, 0.29) is 6.04 Å². The molecule has 0 saturated carbocycles. The van der Waals surface area contributed by atoms with Crippen LogP contribution in [0.1, 0.15) is 17.4 Å². The fourth-order valence-corrected chi connectivity index (χ4v) is 2.19. The van der Waals surface area contributed by atoms with Crippen molar-refractivity contribution in [3.8, 4) is 0 Å². The third-order valence-electron chi connectivity index (χ3n) is 2.35. The molecule has 2 rings (SSSR count). The van der Waals surface area contributed by atoms with Crippen LogP contribution in [0.3, 0.4) is 0 Å². The molecule has 0 saturated heterocycles. The normalized spacial score (nSPS) is 12.7. The van der Waals surface area contributed by atoms with E-state index in [0.29, 0.717) is 11.1 Å². The summed E-state index contributed by atoms with van der Waals surface area (Å²) in [5.74, 6) is 0.870. The van der Waals surface area contributed by atoms with Crippen LogP contribution in [0.4, 0.5) is 0 Å². The van der Waals surface area contributed by atoms with E-state index in [0.717, 1.165) is 15.8 Å². The smallest absolute Gasteiger partial charge is 0.183 e. The summed E-state index contributed by atoms with van der Waals surface area (Å²) in [6.45, 7) is 0. The third kappa shape index (κ3) is 2.75. The minimum atomic E-state index is -0.0360. The zero-order chi connectivity index (χ0) is 11.5. The van der Waals surface area contributed by atoms with E-state index >= 15 is 0 Å². The van der Waals surface area contributed by atoms with Gasteiger partial charge in [0.05, 0.1) is 4.47 Å². The van der Waals surface area contributed by atoms with E-state index < -0.39 is 0 Å². The average Bonchev–Trinajstić information content (AvgIpc) is 2.59. The molecule has 0 aliphatic rings. The molecule has 1 atom stereocenters. The van der Waals surface area contributed by atoms with Crippen LogP contribution in [-0.4, -0.2) is 0 Å². The van der Waals surface area contributed by atoms with Gasteiger partial charge in [-0.1, -0.05) is 30.3 Å². The van der Waals surface area contributed by atoms with Crippen LogP contribution in [0.25, 0.3) is 0 Å². The third-order valence-corrected chi connectivity index (χ3v) is 4.06.